The Morgan fingerprint density at radius 2 is 1.89 bits per heavy atom. The topological polar surface area (TPSA) is 42.9 Å². The predicted molar refractivity (Wildman–Crippen MR) is 107 cm³/mol. The molecule has 1 saturated heterocycles. The van der Waals surface area contributed by atoms with Crippen LogP contribution in [0, 0.1) is 17.6 Å². The Bertz CT molecular complexity index is 627. The number of likely N-dealkylation sites (tertiary alicyclic amines) is 1. The highest BCUT2D eigenvalue weighted by molar-refractivity contribution is 5.80. The smallest absolute Gasteiger partial charge is 0.191 e. The van der Waals surface area contributed by atoms with Crippen molar-refractivity contribution >= 4 is 5.96 Å². The van der Waals surface area contributed by atoms with E-state index in [1.54, 1.807) is 11.9 Å². The first-order valence-corrected chi connectivity index (χ1v) is 9.56. The molecule has 27 heavy (non-hydrogen) atoms. The van der Waals surface area contributed by atoms with E-state index in [1.807, 2.05) is 14.1 Å². The van der Waals surface area contributed by atoms with Crippen molar-refractivity contribution in [2.75, 3.05) is 40.8 Å². The lowest BCUT2D eigenvalue weighted by atomic mass is 10.0. The molecule has 1 aliphatic heterocycles. The maximum Gasteiger partial charge on any atom is 0.191 e. The van der Waals surface area contributed by atoms with Crippen LogP contribution in [-0.4, -0.2) is 68.6 Å². The number of hydrogen-bond donors (Lipinski definition) is 2. The average molecular weight is 382 g/mol. The summed E-state index contributed by atoms with van der Waals surface area (Å²) in [5.41, 5.74) is 0.0747. The second-order valence-corrected chi connectivity index (χ2v) is 7.84. The summed E-state index contributed by atoms with van der Waals surface area (Å²) in [4.78, 5) is 8.54. The summed E-state index contributed by atoms with van der Waals surface area (Å²) in [6, 6.07) is 4.33. The van der Waals surface area contributed by atoms with Gasteiger partial charge in [-0.05, 0) is 46.0 Å². The number of nitrogens with one attached hydrogen (secondary N) is 2. The SMILES string of the molecule is CN=C(NCC(c1c(F)cccc1F)N(C)C)NC1CN(C(C)C)CC1C. The van der Waals surface area contributed by atoms with Gasteiger partial charge in [0.15, 0.2) is 5.96 Å². The molecule has 0 saturated carbocycles. The summed E-state index contributed by atoms with van der Waals surface area (Å²) in [5.74, 6) is 0.0894. The maximum absolute atomic E-state index is 14.2. The summed E-state index contributed by atoms with van der Waals surface area (Å²) >= 11 is 0. The lowest BCUT2D eigenvalue weighted by Crippen LogP contribution is -2.48. The Kier molecular flexibility index (Phi) is 7.56. The van der Waals surface area contributed by atoms with Crippen LogP contribution in [0.4, 0.5) is 8.78 Å². The van der Waals surface area contributed by atoms with Gasteiger partial charge >= 0.3 is 0 Å². The molecule has 0 aliphatic carbocycles. The van der Waals surface area contributed by atoms with E-state index in [1.165, 1.54) is 18.2 Å². The molecular formula is C20H33F2N5. The Labute approximate surface area is 161 Å². The van der Waals surface area contributed by atoms with Gasteiger partial charge in [0.25, 0.3) is 0 Å². The highest BCUT2D eigenvalue weighted by Gasteiger charge is 2.31. The molecule has 0 spiro atoms. The molecule has 1 aliphatic rings. The third-order valence-electron chi connectivity index (χ3n) is 5.34. The summed E-state index contributed by atoms with van der Waals surface area (Å²) in [5, 5.41) is 6.71. The fourth-order valence-electron chi connectivity index (χ4n) is 3.55. The molecule has 0 radical (unpaired) electrons. The van der Waals surface area contributed by atoms with Gasteiger partial charge in [0.2, 0.25) is 0 Å². The molecule has 2 rings (SSSR count). The molecule has 1 heterocycles. The Morgan fingerprint density at radius 1 is 1.26 bits per heavy atom. The second kappa shape index (κ2) is 9.46. The Hall–Kier alpha value is -1.73. The molecule has 3 unspecified atom stereocenters. The van der Waals surface area contributed by atoms with Gasteiger partial charge in [-0.2, -0.15) is 0 Å². The van der Waals surface area contributed by atoms with Crippen LogP contribution in [-0.2, 0) is 0 Å². The highest BCUT2D eigenvalue weighted by Crippen LogP contribution is 2.24. The fraction of sp³-hybridized carbons (Fsp3) is 0.650. The first-order valence-electron chi connectivity index (χ1n) is 9.56. The van der Waals surface area contributed by atoms with Gasteiger partial charge in [0.05, 0.1) is 6.04 Å². The Balaban J connectivity index is 2.03. The van der Waals surface area contributed by atoms with Gasteiger partial charge in [0.1, 0.15) is 11.6 Å². The van der Waals surface area contributed by atoms with Crippen molar-refractivity contribution in [2.24, 2.45) is 10.9 Å². The third-order valence-corrected chi connectivity index (χ3v) is 5.34. The van der Waals surface area contributed by atoms with Gasteiger partial charge < -0.3 is 15.5 Å². The number of likely N-dealkylation sites (N-methyl/N-ethyl adjacent to an activating group) is 1. The van der Waals surface area contributed by atoms with E-state index < -0.39 is 17.7 Å². The van der Waals surface area contributed by atoms with Crippen LogP contribution in [0.15, 0.2) is 23.2 Å². The van der Waals surface area contributed by atoms with Crippen molar-refractivity contribution in [3.63, 3.8) is 0 Å². The van der Waals surface area contributed by atoms with Crippen molar-refractivity contribution in [1.82, 2.24) is 20.4 Å². The zero-order chi connectivity index (χ0) is 20.1. The van der Waals surface area contributed by atoms with Crippen LogP contribution >= 0.6 is 0 Å². The van der Waals surface area contributed by atoms with Crippen molar-refractivity contribution in [1.29, 1.82) is 0 Å². The quantitative estimate of drug-likeness (QED) is 0.587. The summed E-state index contributed by atoms with van der Waals surface area (Å²) in [6.45, 7) is 8.98. The van der Waals surface area contributed by atoms with E-state index in [0.717, 1.165) is 13.1 Å². The van der Waals surface area contributed by atoms with Crippen LogP contribution < -0.4 is 10.6 Å². The lowest BCUT2D eigenvalue weighted by Gasteiger charge is -2.28. The van der Waals surface area contributed by atoms with Crippen LogP contribution in [0.3, 0.4) is 0 Å². The van der Waals surface area contributed by atoms with Crippen LogP contribution in [0.1, 0.15) is 32.4 Å². The molecule has 7 heteroatoms. The van der Waals surface area contributed by atoms with E-state index in [4.69, 9.17) is 0 Å². The van der Waals surface area contributed by atoms with E-state index >= 15 is 0 Å². The van der Waals surface area contributed by atoms with Gasteiger partial charge in [-0.15, -0.1) is 0 Å². The highest BCUT2D eigenvalue weighted by atomic mass is 19.1. The lowest BCUT2D eigenvalue weighted by molar-refractivity contribution is 0.265. The van der Waals surface area contributed by atoms with Gasteiger partial charge in [-0.1, -0.05) is 13.0 Å². The van der Waals surface area contributed by atoms with Gasteiger partial charge in [0, 0.05) is 44.3 Å². The van der Waals surface area contributed by atoms with Crippen LogP contribution in [0.5, 0.6) is 0 Å². The van der Waals surface area contributed by atoms with Gasteiger partial charge in [-0.3, -0.25) is 9.89 Å². The molecule has 0 bridgehead atoms. The first kappa shape index (κ1) is 21.6. The van der Waals surface area contributed by atoms with Gasteiger partial charge in [-0.25, -0.2) is 8.78 Å². The number of nitrogens with zero attached hydrogens (tertiary/aromatic N) is 3. The molecule has 0 aromatic heterocycles. The molecule has 1 fully saturated rings. The molecule has 1 aromatic carbocycles. The molecular weight excluding hydrogens is 348 g/mol. The second-order valence-electron chi connectivity index (χ2n) is 7.84. The number of hydrogen-bond acceptors (Lipinski definition) is 3. The van der Waals surface area contributed by atoms with Crippen molar-refractivity contribution in [3.8, 4) is 0 Å². The summed E-state index contributed by atoms with van der Waals surface area (Å²) in [7, 11) is 5.34. The maximum atomic E-state index is 14.2. The van der Waals surface area contributed by atoms with Crippen molar-refractivity contribution < 1.29 is 8.78 Å². The monoisotopic (exact) mass is 381 g/mol. The van der Waals surface area contributed by atoms with Crippen LogP contribution in [0.2, 0.25) is 0 Å². The van der Waals surface area contributed by atoms with E-state index in [-0.39, 0.29) is 5.56 Å². The molecule has 152 valence electrons. The minimum Gasteiger partial charge on any atom is -0.354 e. The van der Waals surface area contributed by atoms with E-state index in [2.05, 4.69) is 41.3 Å². The number of guanidine groups is 1. The minimum atomic E-state index is -0.532. The number of aliphatic imine (C=N–C) groups is 1. The largest absolute Gasteiger partial charge is 0.354 e. The minimum absolute atomic E-state index is 0.0747. The molecule has 0 amide bonds. The van der Waals surface area contributed by atoms with E-state index in [0.29, 0.717) is 30.5 Å². The van der Waals surface area contributed by atoms with Crippen molar-refractivity contribution in [3.05, 3.63) is 35.4 Å². The molecule has 5 nitrogen and oxygen atoms in total. The average Bonchev–Trinajstić information content (AvgIpc) is 2.96. The molecule has 3 atom stereocenters. The summed E-state index contributed by atoms with van der Waals surface area (Å²) in [6.07, 6.45) is 0. The first-order chi connectivity index (χ1) is 12.7. The predicted octanol–water partition coefficient (Wildman–Crippen LogP) is 2.46. The fourth-order valence-corrected chi connectivity index (χ4v) is 3.55. The zero-order valence-corrected chi connectivity index (χ0v) is 17.3. The third kappa shape index (κ3) is 5.39. The standard InChI is InChI=1S/C20H33F2N5/c1-13(2)27-11-14(3)17(12-27)25-20(23-4)24-10-18(26(5)6)19-15(21)8-7-9-16(19)22/h7-9,13-14,17-18H,10-12H2,1-6H3,(H2,23,24,25). The zero-order valence-electron chi connectivity index (χ0n) is 17.3. The normalized spacial score (nSPS) is 22.5. The number of rotatable bonds is 6. The van der Waals surface area contributed by atoms with Crippen LogP contribution in [0.25, 0.3) is 0 Å². The van der Waals surface area contributed by atoms with E-state index in [9.17, 15) is 8.78 Å². The molecule has 1 aromatic rings. The Morgan fingerprint density at radius 3 is 2.37 bits per heavy atom. The summed E-state index contributed by atoms with van der Waals surface area (Å²) < 4.78 is 28.4. The molecule has 2 N–H and O–H groups in total. The number of benzene rings is 1. The number of halogens is 2. The van der Waals surface area contributed by atoms with Crippen molar-refractivity contribution in [2.45, 2.75) is 38.9 Å².